The first kappa shape index (κ1) is 23.7. The van der Waals surface area contributed by atoms with Crippen LogP contribution in [0.25, 0.3) is 22.0 Å². The summed E-state index contributed by atoms with van der Waals surface area (Å²) in [5.41, 5.74) is 8.42. The number of carbonyl (C=O) groups is 1. The molecule has 5 N–H and O–H groups in total. The highest BCUT2D eigenvalue weighted by atomic mass is 16.4. The van der Waals surface area contributed by atoms with Crippen LogP contribution in [0.15, 0.2) is 59.4 Å². The molecule has 0 amide bonds. The van der Waals surface area contributed by atoms with Crippen LogP contribution in [0.2, 0.25) is 0 Å². The molecule has 178 valence electrons. The van der Waals surface area contributed by atoms with E-state index in [1.165, 1.54) is 0 Å². The number of unbranched alkanes of at least 4 members (excludes halogenated alkanes) is 1. The molecule has 4 rings (SSSR count). The number of nitrogens with two attached hydrogens (primary N) is 1. The maximum Gasteiger partial charge on any atom is 0.320 e. The van der Waals surface area contributed by atoms with Gasteiger partial charge in [-0.2, -0.15) is 0 Å². The summed E-state index contributed by atoms with van der Waals surface area (Å²) < 4.78 is 1.94. The van der Waals surface area contributed by atoms with Crippen molar-refractivity contribution < 1.29 is 9.90 Å². The standard InChI is InChI=1S/C27H32N4O3/c1-2-3-10-24(20-12-13-22(27(33)34)30-16-20)31-23-11-5-4-7-18(23)15-21(26(31)32)17-8-6-9-19(14-17)25(28)29/h4-9,11,14-15,20,22,24,30H,2-3,10,12-13,16H2,1H3,(H3,28,29)(H,33,34). The largest absolute Gasteiger partial charge is 0.480 e. The number of nitrogen functional groups attached to an aromatic ring is 1. The molecule has 1 fully saturated rings. The van der Waals surface area contributed by atoms with E-state index in [-0.39, 0.29) is 23.4 Å². The molecule has 0 bridgehead atoms. The van der Waals surface area contributed by atoms with Gasteiger partial charge in [0, 0.05) is 23.7 Å². The molecule has 1 aliphatic rings. The lowest BCUT2D eigenvalue weighted by Crippen LogP contribution is -2.47. The Morgan fingerprint density at radius 1 is 1.21 bits per heavy atom. The summed E-state index contributed by atoms with van der Waals surface area (Å²) in [6, 6.07) is 16.5. The van der Waals surface area contributed by atoms with Gasteiger partial charge in [-0.1, -0.05) is 56.2 Å². The zero-order chi connectivity index (χ0) is 24.2. The van der Waals surface area contributed by atoms with Gasteiger partial charge < -0.3 is 20.7 Å². The third-order valence-corrected chi connectivity index (χ3v) is 6.91. The van der Waals surface area contributed by atoms with E-state index in [2.05, 4.69) is 12.2 Å². The minimum atomic E-state index is -0.821. The zero-order valence-electron chi connectivity index (χ0n) is 19.5. The first-order valence-electron chi connectivity index (χ1n) is 12.0. The molecule has 3 atom stereocenters. The number of aromatic nitrogens is 1. The highest BCUT2D eigenvalue weighted by Gasteiger charge is 2.32. The number of piperidine rings is 1. The summed E-state index contributed by atoms with van der Waals surface area (Å²) in [6.07, 6.45) is 4.15. The first-order valence-corrected chi connectivity index (χ1v) is 12.0. The van der Waals surface area contributed by atoms with Crippen LogP contribution in [0.3, 0.4) is 0 Å². The van der Waals surface area contributed by atoms with Crippen LogP contribution in [0, 0.1) is 11.3 Å². The molecule has 0 saturated carbocycles. The number of benzene rings is 2. The number of pyridine rings is 1. The van der Waals surface area contributed by atoms with Crippen LogP contribution in [0.5, 0.6) is 0 Å². The van der Waals surface area contributed by atoms with Crippen LogP contribution >= 0.6 is 0 Å². The fourth-order valence-corrected chi connectivity index (χ4v) is 5.08. The van der Waals surface area contributed by atoms with Gasteiger partial charge in [0.1, 0.15) is 11.9 Å². The van der Waals surface area contributed by atoms with E-state index in [0.29, 0.717) is 24.1 Å². The Kier molecular flexibility index (Phi) is 7.12. The summed E-state index contributed by atoms with van der Waals surface area (Å²) in [5, 5.41) is 21.3. The Morgan fingerprint density at radius 3 is 2.68 bits per heavy atom. The molecular formula is C27H32N4O3. The van der Waals surface area contributed by atoms with Crippen LogP contribution in [0.1, 0.15) is 50.6 Å². The van der Waals surface area contributed by atoms with E-state index in [0.717, 1.165) is 42.1 Å². The molecular weight excluding hydrogens is 428 g/mol. The lowest BCUT2D eigenvalue weighted by atomic mass is 9.85. The van der Waals surface area contributed by atoms with E-state index in [4.69, 9.17) is 11.1 Å². The van der Waals surface area contributed by atoms with Gasteiger partial charge in [-0.05, 0) is 54.3 Å². The summed E-state index contributed by atoms with van der Waals surface area (Å²) in [7, 11) is 0. The zero-order valence-corrected chi connectivity index (χ0v) is 19.5. The molecule has 0 spiro atoms. The first-order chi connectivity index (χ1) is 16.4. The topological polar surface area (TPSA) is 121 Å². The third-order valence-electron chi connectivity index (χ3n) is 6.91. The number of fused-ring (bicyclic) bond motifs is 1. The average molecular weight is 461 g/mol. The molecule has 3 aromatic rings. The Morgan fingerprint density at radius 2 is 2.00 bits per heavy atom. The van der Waals surface area contributed by atoms with Crippen molar-refractivity contribution in [1.29, 1.82) is 5.41 Å². The van der Waals surface area contributed by atoms with Crippen molar-refractivity contribution in [2.75, 3.05) is 6.54 Å². The molecule has 1 aromatic heterocycles. The highest BCUT2D eigenvalue weighted by molar-refractivity contribution is 5.96. The molecule has 7 nitrogen and oxygen atoms in total. The van der Waals surface area contributed by atoms with Gasteiger partial charge in [-0.3, -0.25) is 15.0 Å². The molecule has 3 unspecified atom stereocenters. The summed E-state index contributed by atoms with van der Waals surface area (Å²) in [5.74, 6) is -0.703. The number of carboxylic acids is 1. The van der Waals surface area contributed by atoms with E-state index < -0.39 is 12.0 Å². The van der Waals surface area contributed by atoms with Crippen LogP contribution in [0.4, 0.5) is 0 Å². The quantitative estimate of drug-likeness (QED) is 0.297. The fourth-order valence-electron chi connectivity index (χ4n) is 5.08. The number of hydrogen-bond acceptors (Lipinski definition) is 4. The van der Waals surface area contributed by atoms with E-state index >= 15 is 0 Å². The molecule has 2 heterocycles. The van der Waals surface area contributed by atoms with Gasteiger partial charge in [-0.25, -0.2) is 0 Å². The third kappa shape index (κ3) is 4.75. The predicted molar refractivity (Wildman–Crippen MR) is 135 cm³/mol. The van der Waals surface area contributed by atoms with Crippen molar-refractivity contribution in [2.24, 2.45) is 11.7 Å². The Balaban J connectivity index is 1.86. The van der Waals surface area contributed by atoms with Crippen molar-refractivity contribution in [2.45, 2.75) is 51.1 Å². The Labute approximate surface area is 199 Å². The van der Waals surface area contributed by atoms with Crippen molar-refractivity contribution in [3.8, 4) is 11.1 Å². The maximum absolute atomic E-state index is 14.0. The van der Waals surface area contributed by atoms with Crippen molar-refractivity contribution in [3.63, 3.8) is 0 Å². The summed E-state index contributed by atoms with van der Waals surface area (Å²) >= 11 is 0. The number of amidine groups is 1. The lowest BCUT2D eigenvalue weighted by molar-refractivity contribution is -0.140. The normalized spacial score (nSPS) is 19.1. The van der Waals surface area contributed by atoms with E-state index in [1.54, 1.807) is 12.1 Å². The minimum absolute atomic E-state index is 0.0370. The van der Waals surface area contributed by atoms with Crippen molar-refractivity contribution in [1.82, 2.24) is 9.88 Å². The van der Waals surface area contributed by atoms with Gasteiger partial charge in [-0.15, -0.1) is 0 Å². The average Bonchev–Trinajstić information content (AvgIpc) is 2.85. The second-order valence-corrected chi connectivity index (χ2v) is 9.13. The number of para-hydroxylation sites is 1. The number of nitrogens with zero attached hydrogens (tertiary/aromatic N) is 1. The molecule has 1 aliphatic heterocycles. The second-order valence-electron chi connectivity index (χ2n) is 9.13. The van der Waals surface area contributed by atoms with E-state index in [9.17, 15) is 14.7 Å². The monoisotopic (exact) mass is 460 g/mol. The van der Waals surface area contributed by atoms with Crippen LogP contribution < -0.4 is 16.6 Å². The Bertz CT molecular complexity index is 1260. The number of aliphatic carboxylic acids is 1. The molecule has 1 saturated heterocycles. The lowest BCUT2D eigenvalue weighted by Gasteiger charge is -2.35. The van der Waals surface area contributed by atoms with Gasteiger partial charge in [0.25, 0.3) is 5.56 Å². The highest BCUT2D eigenvalue weighted by Crippen LogP contribution is 2.33. The van der Waals surface area contributed by atoms with Gasteiger partial charge in [0.2, 0.25) is 0 Å². The molecule has 34 heavy (non-hydrogen) atoms. The number of rotatable bonds is 8. The molecule has 0 aliphatic carbocycles. The summed E-state index contributed by atoms with van der Waals surface area (Å²) in [4.78, 5) is 25.5. The SMILES string of the molecule is CCCCC(C1CCC(C(=O)O)NC1)n1c(=O)c(-c2cccc(C(=N)N)c2)cc2ccccc21. The molecule has 7 heteroatoms. The number of carboxylic acid groups (broad SMARTS) is 1. The second kappa shape index (κ2) is 10.2. The number of nitrogens with one attached hydrogen (secondary N) is 2. The smallest absolute Gasteiger partial charge is 0.320 e. The van der Waals surface area contributed by atoms with Crippen molar-refractivity contribution >= 4 is 22.7 Å². The van der Waals surface area contributed by atoms with Crippen molar-refractivity contribution in [3.05, 3.63) is 70.5 Å². The summed E-state index contributed by atoms with van der Waals surface area (Å²) in [6.45, 7) is 2.71. The van der Waals surface area contributed by atoms with Gasteiger partial charge >= 0.3 is 5.97 Å². The maximum atomic E-state index is 14.0. The number of hydrogen-bond donors (Lipinski definition) is 4. The van der Waals surface area contributed by atoms with Crippen LogP contribution in [-0.2, 0) is 4.79 Å². The molecule has 2 aromatic carbocycles. The van der Waals surface area contributed by atoms with E-state index in [1.807, 2.05) is 47.0 Å². The minimum Gasteiger partial charge on any atom is -0.480 e. The fraction of sp³-hybridized carbons (Fsp3) is 0.370. The Hall–Kier alpha value is -3.45. The predicted octanol–water partition coefficient (Wildman–Crippen LogP) is 4.14. The molecule has 0 radical (unpaired) electrons. The van der Waals surface area contributed by atoms with Crippen LogP contribution in [-0.4, -0.2) is 34.1 Å². The van der Waals surface area contributed by atoms with Gasteiger partial charge in [0.15, 0.2) is 0 Å². The van der Waals surface area contributed by atoms with Gasteiger partial charge in [0.05, 0.1) is 5.52 Å².